The maximum atomic E-state index is 2.84. The van der Waals surface area contributed by atoms with Crippen molar-refractivity contribution in [2.75, 3.05) is 6.16 Å². The zero-order valence-electron chi connectivity index (χ0n) is 12.7. The van der Waals surface area contributed by atoms with Crippen molar-refractivity contribution in [3.8, 4) is 0 Å². The Kier molecular flexibility index (Phi) is 5.41. The lowest BCUT2D eigenvalue weighted by Crippen LogP contribution is -2.20. The topological polar surface area (TPSA) is 0 Å². The van der Waals surface area contributed by atoms with Crippen LogP contribution in [-0.2, 0) is 10.8 Å². The van der Waals surface area contributed by atoms with Crippen LogP contribution < -0.4 is 0 Å². The van der Waals surface area contributed by atoms with Gasteiger partial charge >= 0.3 is 0 Å². The van der Waals surface area contributed by atoms with E-state index in [0.29, 0.717) is 5.41 Å². The van der Waals surface area contributed by atoms with Gasteiger partial charge in [0.05, 0.1) is 0 Å². The molecule has 0 aromatic heterocycles. The van der Waals surface area contributed by atoms with E-state index >= 15 is 0 Å². The van der Waals surface area contributed by atoms with Gasteiger partial charge in [0.2, 0.25) is 0 Å². The van der Waals surface area contributed by atoms with Gasteiger partial charge in [-0.3, -0.25) is 0 Å². The van der Waals surface area contributed by atoms with Gasteiger partial charge in [-0.15, -0.1) is 9.24 Å². The highest BCUT2D eigenvalue weighted by Crippen LogP contribution is 2.32. The predicted molar refractivity (Wildman–Crippen MR) is 86.6 cm³/mol. The Balaban J connectivity index is 2.92. The average molecular weight is 264 g/mol. The van der Waals surface area contributed by atoms with Crippen molar-refractivity contribution < 1.29 is 0 Å². The zero-order valence-corrected chi connectivity index (χ0v) is 13.9. The predicted octanol–water partition coefficient (Wildman–Crippen LogP) is 5.31. The summed E-state index contributed by atoms with van der Waals surface area (Å²) >= 11 is 0. The Morgan fingerprint density at radius 3 is 1.56 bits per heavy atom. The van der Waals surface area contributed by atoms with Crippen LogP contribution in [0.5, 0.6) is 0 Å². The van der Waals surface area contributed by atoms with Gasteiger partial charge in [0.25, 0.3) is 0 Å². The largest absolute Gasteiger partial charge is 0.138 e. The number of benzene rings is 1. The van der Waals surface area contributed by atoms with E-state index in [0.717, 1.165) is 6.16 Å². The molecule has 0 fully saturated rings. The Labute approximate surface area is 116 Å². The summed E-state index contributed by atoms with van der Waals surface area (Å²) in [6, 6.07) is 9.31. The summed E-state index contributed by atoms with van der Waals surface area (Å²) in [5.41, 5.74) is 3.52. The molecule has 0 bridgehead atoms. The van der Waals surface area contributed by atoms with E-state index in [1.54, 1.807) is 0 Å². The Morgan fingerprint density at radius 2 is 1.22 bits per heavy atom. The fourth-order valence-electron chi connectivity index (χ4n) is 2.65. The van der Waals surface area contributed by atoms with Crippen LogP contribution in [0.3, 0.4) is 0 Å². The molecule has 0 N–H and O–H groups in total. The van der Waals surface area contributed by atoms with Crippen molar-refractivity contribution in [3.05, 3.63) is 35.4 Å². The van der Waals surface area contributed by atoms with Crippen molar-refractivity contribution in [2.24, 2.45) is 0 Å². The molecule has 0 saturated carbocycles. The lowest BCUT2D eigenvalue weighted by molar-refractivity contribution is 0.471. The summed E-state index contributed by atoms with van der Waals surface area (Å²) < 4.78 is 0. The summed E-state index contributed by atoms with van der Waals surface area (Å²) in [5, 5.41) is 0. The van der Waals surface area contributed by atoms with Crippen LogP contribution in [0.15, 0.2) is 24.3 Å². The molecule has 1 heteroatoms. The first-order valence-electron chi connectivity index (χ1n) is 7.14. The molecule has 1 aromatic rings. The minimum Gasteiger partial charge on any atom is -0.138 e. The second-order valence-corrected chi connectivity index (χ2v) is 7.21. The van der Waals surface area contributed by atoms with Crippen molar-refractivity contribution in [2.45, 2.75) is 64.7 Å². The van der Waals surface area contributed by atoms with Crippen LogP contribution in [0.2, 0.25) is 0 Å². The molecule has 0 spiro atoms. The molecule has 0 aliphatic rings. The fourth-order valence-corrected chi connectivity index (χ4v) is 3.37. The van der Waals surface area contributed by atoms with Crippen LogP contribution in [0.4, 0.5) is 0 Å². The van der Waals surface area contributed by atoms with Crippen molar-refractivity contribution in [1.29, 1.82) is 0 Å². The standard InChI is InChI=1S/C17H29P/c1-6-11-16(2,3)14-7-9-15(10-8-14)17(4,5)12-13-18/h7-10H,6,11-13,18H2,1-5H3. The third-order valence-corrected chi connectivity index (χ3v) is 4.38. The van der Waals surface area contributed by atoms with E-state index in [-0.39, 0.29) is 5.41 Å². The average Bonchev–Trinajstić information content (AvgIpc) is 2.29. The van der Waals surface area contributed by atoms with E-state index in [2.05, 4.69) is 68.1 Å². The lowest BCUT2D eigenvalue weighted by Gasteiger charge is -2.28. The molecule has 0 radical (unpaired) electrons. The van der Waals surface area contributed by atoms with Gasteiger partial charge in [-0.2, -0.15) is 0 Å². The van der Waals surface area contributed by atoms with Gasteiger partial charge in [0.15, 0.2) is 0 Å². The molecular weight excluding hydrogens is 235 g/mol. The normalized spacial score (nSPS) is 12.8. The molecule has 1 unspecified atom stereocenters. The molecule has 1 rings (SSSR count). The zero-order chi connectivity index (χ0) is 13.8. The van der Waals surface area contributed by atoms with Crippen LogP contribution in [0.1, 0.15) is 65.0 Å². The quantitative estimate of drug-likeness (QED) is 0.611. The molecular formula is C17H29P. The van der Waals surface area contributed by atoms with Crippen molar-refractivity contribution >= 4 is 9.24 Å². The monoisotopic (exact) mass is 264 g/mol. The Morgan fingerprint density at radius 1 is 0.833 bits per heavy atom. The number of hydrogen-bond donors (Lipinski definition) is 0. The third kappa shape index (κ3) is 3.82. The van der Waals surface area contributed by atoms with Gasteiger partial charge in [-0.1, -0.05) is 65.3 Å². The van der Waals surface area contributed by atoms with Gasteiger partial charge < -0.3 is 0 Å². The lowest BCUT2D eigenvalue weighted by atomic mass is 9.77. The van der Waals surface area contributed by atoms with Crippen LogP contribution in [0, 0.1) is 0 Å². The fraction of sp³-hybridized carbons (Fsp3) is 0.647. The minimum atomic E-state index is 0.287. The van der Waals surface area contributed by atoms with Gasteiger partial charge in [0, 0.05) is 0 Å². The SMILES string of the molecule is CCCC(C)(C)c1ccc(C(C)(C)CCP)cc1. The smallest absolute Gasteiger partial charge is 0.0100 e. The van der Waals surface area contributed by atoms with Gasteiger partial charge in [-0.25, -0.2) is 0 Å². The van der Waals surface area contributed by atoms with Crippen molar-refractivity contribution in [1.82, 2.24) is 0 Å². The Hall–Kier alpha value is -0.350. The number of hydrogen-bond acceptors (Lipinski definition) is 0. The minimum absolute atomic E-state index is 0.287. The van der Waals surface area contributed by atoms with Gasteiger partial charge in [0.1, 0.15) is 0 Å². The summed E-state index contributed by atoms with van der Waals surface area (Å²) in [6.07, 6.45) is 4.88. The molecule has 102 valence electrons. The molecule has 0 aliphatic carbocycles. The van der Waals surface area contributed by atoms with E-state index in [9.17, 15) is 0 Å². The van der Waals surface area contributed by atoms with E-state index in [4.69, 9.17) is 0 Å². The molecule has 1 aromatic carbocycles. The highest BCUT2D eigenvalue weighted by Gasteiger charge is 2.22. The van der Waals surface area contributed by atoms with E-state index < -0.39 is 0 Å². The first kappa shape index (κ1) is 15.7. The molecule has 0 aliphatic heterocycles. The molecule has 0 heterocycles. The maximum Gasteiger partial charge on any atom is -0.0100 e. The number of rotatable bonds is 6. The van der Waals surface area contributed by atoms with E-state index in [1.165, 1.54) is 30.4 Å². The first-order valence-corrected chi connectivity index (χ1v) is 7.96. The third-order valence-electron chi connectivity index (χ3n) is 4.09. The molecule has 1 atom stereocenters. The molecule has 0 saturated heterocycles. The summed E-state index contributed by atoms with van der Waals surface area (Å²) in [4.78, 5) is 0. The Bertz CT molecular complexity index is 323. The van der Waals surface area contributed by atoms with E-state index in [1.807, 2.05) is 0 Å². The summed E-state index contributed by atoms with van der Waals surface area (Å²) in [6.45, 7) is 11.6. The molecule has 0 nitrogen and oxygen atoms in total. The summed E-state index contributed by atoms with van der Waals surface area (Å²) in [5.74, 6) is 0. The van der Waals surface area contributed by atoms with Crippen molar-refractivity contribution in [3.63, 3.8) is 0 Å². The van der Waals surface area contributed by atoms with Crippen LogP contribution in [0.25, 0.3) is 0 Å². The van der Waals surface area contributed by atoms with Crippen LogP contribution >= 0.6 is 9.24 Å². The molecule has 0 amide bonds. The van der Waals surface area contributed by atoms with Crippen LogP contribution in [-0.4, -0.2) is 6.16 Å². The first-order chi connectivity index (χ1) is 8.33. The van der Waals surface area contributed by atoms with Gasteiger partial charge in [-0.05, 0) is 41.0 Å². The maximum absolute atomic E-state index is 2.84. The second kappa shape index (κ2) is 6.20. The second-order valence-electron chi connectivity index (χ2n) is 6.63. The highest BCUT2D eigenvalue weighted by atomic mass is 31.0. The molecule has 18 heavy (non-hydrogen) atoms. The summed E-state index contributed by atoms with van der Waals surface area (Å²) in [7, 11) is 2.84. The highest BCUT2D eigenvalue weighted by molar-refractivity contribution is 7.16.